The maximum atomic E-state index is 11.3. The van der Waals surface area contributed by atoms with E-state index in [9.17, 15) is 9.59 Å². The van der Waals surface area contributed by atoms with E-state index < -0.39 is 11.8 Å². The molecule has 17 heavy (non-hydrogen) atoms. The molecule has 6 nitrogen and oxygen atoms in total. The summed E-state index contributed by atoms with van der Waals surface area (Å²) in [5.74, 6) is -1.22. The van der Waals surface area contributed by atoms with Gasteiger partial charge in [0.15, 0.2) is 0 Å². The Morgan fingerprint density at radius 1 is 1.24 bits per heavy atom. The zero-order valence-corrected chi connectivity index (χ0v) is 9.91. The summed E-state index contributed by atoms with van der Waals surface area (Å²) >= 11 is 0. The van der Waals surface area contributed by atoms with Gasteiger partial charge in [-0.25, -0.2) is 0 Å². The molecule has 0 radical (unpaired) electrons. The van der Waals surface area contributed by atoms with Crippen LogP contribution in [0.15, 0.2) is 12.7 Å². The molecule has 0 spiro atoms. The number of nitrogens with one attached hydrogen (secondary N) is 2. The Kier molecular flexibility index (Phi) is 6.27. The van der Waals surface area contributed by atoms with Crippen LogP contribution in [0, 0.1) is 0 Å². The van der Waals surface area contributed by atoms with Crippen LogP contribution in [-0.4, -0.2) is 62.7 Å². The standard InChI is InChI=1S/C11H19N3O3/c1-2-3-12-10(15)11(16)13-4-5-14-6-8-17-9-7-14/h2H,1,3-9H2,(H,12,15)(H,13,16). The average Bonchev–Trinajstić information content (AvgIpc) is 2.37. The van der Waals surface area contributed by atoms with Crippen molar-refractivity contribution in [2.45, 2.75) is 0 Å². The molecule has 96 valence electrons. The molecule has 1 heterocycles. The van der Waals surface area contributed by atoms with Crippen molar-refractivity contribution in [2.24, 2.45) is 0 Å². The number of hydrogen-bond acceptors (Lipinski definition) is 4. The van der Waals surface area contributed by atoms with Gasteiger partial charge in [0.05, 0.1) is 13.2 Å². The van der Waals surface area contributed by atoms with Crippen molar-refractivity contribution in [3.63, 3.8) is 0 Å². The number of hydrogen-bond donors (Lipinski definition) is 2. The molecule has 2 N–H and O–H groups in total. The van der Waals surface area contributed by atoms with Crippen LogP contribution in [0.4, 0.5) is 0 Å². The third-order valence-electron chi connectivity index (χ3n) is 2.43. The first-order valence-corrected chi connectivity index (χ1v) is 5.71. The Bertz CT molecular complexity index is 275. The molecule has 1 saturated heterocycles. The van der Waals surface area contributed by atoms with Crippen molar-refractivity contribution >= 4 is 11.8 Å². The van der Waals surface area contributed by atoms with E-state index >= 15 is 0 Å². The van der Waals surface area contributed by atoms with Gasteiger partial charge in [0.1, 0.15) is 0 Å². The van der Waals surface area contributed by atoms with E-state index in [1.165, 1.54) is 6.08 Å². The highest BCUT2D eigenvalue weighted by Gasteiger charge is 2.13. The second kappa shape index (κ2) is 7.81. The first-order valence-electron chi connectivity index (χ1n) is 5.71. The van der Waals surface area contributed by atoms with Gasteiger partial charge in [-0.15, -0.1) is 6.58 Å². The lowest BCUT2D eigenvalue weighted by Gasteiger charge is -2.26. The lowest BCUT2D eigenvalue weighted by Crippen LogP contribution is -2.45. The second-order valence-electron chi connectivity index (χ2n) is 3.71. The molecule has 0 aromatic rings. The molecule has 6 heteroatoms. The van der Waals surface area contributed by atoms with Gasteiger partial charge in [0, 0.05) is 32.7 Å². The van der Waals surface area contributed by atoms with Gasteiger partial charge >= 0.3 is 11.8 Å². The summed E-state index contributed by atoms with van der Waals surface area (Å²) in [5, 5.41) is 4.99. The maximum absolute atomic E-state index is 11.3. The van der Waals surface area contributed by atoms with Crippen LogP contribution in [0.3, 0.4) is 0 Å². The Morgan fingerprint density at radius 3 is 2.53 bits per heavy atom. The Labute approximate surface area is 101 Å². The van der Waals surface area contributed by atoms with E-state index in [4.69, 9.17) is 4.74 Å². The molecule has 0 atom stereocenters. The maximum Gasteiger partial charge on any atom is 0.309 e. The van der Waals surface area contributed by atoms with Gasteiger partial charge in [-0.2, -0.15) is 0 Å². The van der Waals surface area contributed by atoms with E-state index in [0.717, 1.165) is 32.8 Å². The molecule has 1 rings (SSSR count). The summed E-state index contributed by atoms with van der Waals surface area (Å²) in [4.78, 5) is 24.7. The third-order valence-corrected chi connectivity index (χ3v) is 2.43. The van der Waals surface area contributed by atoms with Gasteiger partial charge in [0.25, 0.3) is 0 Å². The van der Waals surface area contributed by atoms with Gasteiger partial charge in [-0.3, -0.25) is 14.5 Å². The Morgan fingerprint density at radius 2 is 1.88 bits per heavy atom. The monoisotopic (exact) mass is 241 g/mol. The van der Waals surface area contributed by atoms with Crippen LogP contribution < -0.4 is 10.6 Å². The molecule has 1 aliphatic heterocycles. The average molecular weight is 241 g/mol. The van der Waals surface area contributed by atoms with Gasteiger partial charge in [-0.05, 0) is 0 Å². The van der Waals surface area contributed by atoms with Gasteiger partial charge in [-0.1, -0.05) is 6.08 Å². The summed E-state index contributed by atoms with van der Waals surface area (Å²) < 4.78 is 5.21. The number of rotatable bonds is 5. The topological polar surface area (TPSA) is 70.7 Å². The predicted molar refractivity (Wildman–Crippen MR) is 63.5 cm³/mol. The smallest absolute Gasteiger partial charge is 0.309 e. The Hall–Kier alpha value is -1.40. The van der Waals surface area contributed by atoms with Crippen molar-refractivity contribution < 1.29 is 14.3 Å². The zero-order valence-electron chi connectivity index (χ0n) is 9.91. The highest BCUT2D eigenvalue weighted by Crippen LogP contribution is 1.94. The molecular weight excluding hydrogens is 222 g/mol. The summed E-state index contributed by atoms with van der Waals surface area (Å²) in [6.45, 7) is 8.17. The lowest BCUT2D eigenvalue weighted by atomic mass is 10.4. The minimum Gasteiger partial charge on any atom is -0.379 e. The third kappa shape index (κ3) is 5.46. The molecule has 0 aromatic carbocycles. The molecule has 0 aromatic heterocycles. The molecule has 1 fully saturated rings. The van der Waals surface area contributed by atoms with Crippen molar-refractivity contribution in [1.82, 2.24) is 15.5 Å². The fourth-order valence-corrected chi connectivity index (χ4v) is 1.48. The van der Waals surface area contributed by atoms with Crippen LogP contribution in [-0.2, 0) is 14.3 Å². The SMILES string of the molecule is C=CCNC(=O)C(=O)NCCN1CCOCC1. The molecule has 0 unspecified atom stereocenters. The largest absolute Gasteiger partial charge is 0.379 e. The first-order chi connectivity index (χ1) is 8.24. The van der Waals surface area contributed by atoms with Crippen LogP contribution in [0.2, 0.25) is 0 Å². The van der Waals surface area contributed by atoms with E-state index in [0.29, 0.717) is 13.1 Å². The van der Waals surface area contributed by atoms with Crippen molar-refractivity contribution in [2.75, 3.05) is 45.9 Å². The van der Waals surface area contributed by atoms with Crippen LogP contribution in [0.5, 0.6) is 0 Å². The van der Waals surface area contributed by atoms with Crippen molar-refractivity contribution in [3.05, 3.63) is 12.7 Å². The predicted octanol–water partition coefficient (Wildman–Crippen LogP) is -1.26. The quantitative estimate of drug-likeness (QED) is 0.465. The highest BCUT2D eigenvalue weighted by atomic mass is 16.5. The van der Waals surface area contributed by atoms with Gasteiger partial charge in [0.2, 0.25) is 0 Å². The zero-order chi connectivity index (χ0) is 12.5. The number of morpholine rings is 1. The number of ether oxygens (including phenoxy) is 1. The first kappa shape index (κ1) is 13.7. The minimum absolute atomic E-state index is 0.301. The highest BCUT2D eigenvalue weighted by molar-refractivity contribution is 6.35. The lowest BCUT2D eigenvalue weighted by molar-refractivity contribution is -0.139. The fourth-order valence-electron chi connectivity index (χ4n) is 1.48. The molecule has 0 aliphatic carbocycles. The summed E-state index contributed by atoms with van der Waals surface area (Å²) in [5.41, 5.74) is 0. The number of carbonyl (C=O) groups excluding carboxylic acids is 2. The normalized spacial score (nSPS) is 16.2. The number of amides is 2. The second-order valence-corrected chi connectivity index (χ2v) is 3.71. The van der Waals surface area contributed by atoms with E-state index in [1.54, 1.807) is 0 Å². The summed E-state index contributed by atoms with van der Waals surface area (Å²) in [6, 6.07) is 0. The van der Waals surface area contributed by atoms with E-state index in [2.05, 4.69) is 22.1 Å². The van der Waals surface area contributed by atoms with E-state index in [1.807, 2.05) is 0 Å². The fraction of sp³-hybridized carbons (Fsp3) is 0.636. The minimum atomic E-state index is -0.619. The van der Waals surface area contributed by atoms with Crippen LogP contribution in [0.1, 0.15) is 0 Å². The number of nitrogens with zero attached hydrogens (tertiary/aromatic N) is 1. The number of carbonyl (C=O) groups is 2. The molecule has 0 bridgehead atoms. The summed E-state index contributed by atoms with van der Waals surface area (Å²) in [6.07, 6.45) is 1.53. The van der Waals surface area contributed by atoms with Crippen LogP contribution >= 0.6 is 0 Å². The van der Waals surface area contributed by atoms with Crippen molar-refractivity contribution in [1.29, 1.82) is 0 Å². The van der Waals surface area contributed by atoms with Crippen LogP contribution in [0.25, 0.3) is 0 Å². The van der Waals surface area contributed by atoms with Gasteiger partial charge < -0.3 is 15.4 Å². The molecular formula is C11H19N3O3. The molecule has 0 saturated carbocycles. The Balaban J connectivity index is 2.10. The summed E-state index contributed by atoms with van der Waals surface area (Å²) in [7, 11) is 0. The van der Waals surface area contributed by atoms with E-state index in [-0.39, 0.29) is 0 Å². The molecule has 2 amide bonds. The van der Waals surface area contributed by atoms with Crippen molar-refractivity contribution in [3.8, 4) is 0 Å². The molecule has 1 aliphatic rings.